The molecule has 1 atom stereocenters. The second-order valence-corrected chi connectivity index (χ2v) is 10.1. The van der Waals surface area contributed by atoms with E-state index in [1.807, 2.05) is 61.5 Å². The molecule has 0 aliphatic carbocycles. The zero-order valence-electron chi connectivity index (χ0n) is 21.1. The maximum atomic E-state index is 13.7. The molecule has 3 aromatic carbocycles. The number of rotatable bonds is 10. The lowest BCUT2D eigenvalue weighted by Gasteiger charge is -2.30. The maximum Gasteiger partial charge on any atom is 0.324 e. The number of hydrogen-bond donors (Lipinski definition) is 0. The van der Waals surface area contributed by atoms with E-state index in [0.29, 0.717) is 30.1 Å². The van der Waals surface area contributed by atoms with Crippen molar-refractivity contribution in [1.29, 1.82) is 0 Å². The van der Waals surface area contributed by atoms with E-state index >= 15 is 0 Å². The molecule has 1 heterocycles. The number of halogens is 2. The van der Waals surface area contributed by atoms with E-state index in [2.05, 4.69) is 10.2 Å². The summed E-state index contributed by atoms with van der Waals surface area (Å²) in [5, 5.41) is 7.05. The van der Waals surface area contributed by atoms with Crippen molar-refractivity contribution in [2.24, 2.45) is 0 Å². The highest BCUT2D eigenvalue weighted by Gasteiger charge is 2.23. The number of carbonyl (C=O) groups excluding carboxylic acids is 1. The fraction of sp³-hybridized carbons (Fsp3) is 0.250. The molecule has 0 N–H and O–H groups in total. The predicted molar refractivity (Wildman–Crippen MR) is 144 cm³/mol. The second-order valence-electron chi connectivity index (χ2n) is 8.58. The standard InChI is InChI=1S/C28H28F2N4O3S/c1-3-33(17-18-38(2)36)28(35)34(24-15-13-22(14-16-24)21-7-5-4-6-8-21)19-20-9-11-23(12-10-20)26-31-32-27(37-26)25(29)30/h4-16,25H,3,17-19H2,1-2H3. The predicted octanol–water partition coefficient (Wildman–Crippen LogP) is 6.17. The minimum atomic E-state index is -2.84. The van der Waals surface area contributed by atoms with E-state index in [0.717, 1.165) is 16.7 Å². The molecule has 0 radical (unpaired) electrons. The number of nitrogens with zero attached hydrogens (tertiary/aromatic N) is 4. The van der Waals surface area contributed by atoms with Gasteiger partial charge < -0.3 is 9.32 Å². The number of urea groups is 1. The summed E-state index contributed by atoms with van der Waals surface area (Å²) in [6.45, 7) is 3.00. The summed E-state index contributed by atoms with van der Waals surface area (Å²) < 4.78 is 42.3. The van der Waals surface area contributed by atoms with Crippen LogP contribution in [-0.4, -0.2) is 50.4 Å². The fourth-order valence-electron chi connectivity index (χ4n) is 3.91. The summed E-state index contributed by atoms with van der Waals surface area (Å²) in [6.07, 6.45) is -1.22. The maximum absolute atomic E-state index is 13.7. The lowest BCUT2D eigenvalue weighted by molar-refractivity contribution is 0.116. The number of aromatic nitrogens is 2. The Bertz CT molecular complexity index is 1360. The highest BCUT2D eigenvalue weighted by molar-refractivity contribution is 7.84. The van der Waals surface area contributed by atoms with Crippen molar-refractivity contribution in [2.45, 2.75) is 19.9 Å². The monoisotopic (exact) mass is 538 g/mol. The smallest absolute Gasteiger partial charge is 0.324 e. The molecule has 0 aliphatic heterocycles. The molecule has 0 aliphatic rings. The van der Waals surface area contributed by atoms with Gasteiger partial charge in [-0.2, -0.15) is 8.78 Å². The van der Waals surface area contributed by atoms with E-state index in [9.17, 15) is 17.8 Å². The average Bonchev–Trinajstić information content (AvgIpc) is 3.44. The summed E-state index contributed by atoms with van der Waals surface area (Å²) in [5.74, 6) is -0.340. The van der Waals surface area contributed by atoms with Crippen molar-refractivity contribution >= 4 is 22.5 Å². The molecule has 198 valence electrons. The van der Waals surface area contributed by atoms with Crippen molar-refractivity contribution < 1.29 is 22.2 Å². The number of anilines is 1. The van der Waals surface area contributed by atoms with Gasteiger partial charge in [0.05, 0.1) is 6.54 Å². The molecular weight excluding hydrogens is 510 g/mol. The topological polar surface area (TPSA) is 79.5 Å². The first kappa shape index (κ1) is 27.1. The average molecular weight is 539 g/mol. The Morgan fingerprint density at radius 2 is 1.55 bits per heavy atom. The van der Waals surface area contributed by atoms with Crippen LogP contribution >= 0.6 is 0 Å². The van der Waals surface area contributed by atoms with Gasteiger partial charge in [-0.15, -0.1) is 10.2 Å². The second kappa shape index (κ2) is 12.6. The minimum absolute atomic E-state index is 0.000933. The minimum Gasteiger partial charge on any atom is -0.415 e. The Labute approximate surface area is 222 Å². The highest BCUT2D eigenvalue weighted by Crippen LogP contribution is 2.27. The highest BCUT2D eigenvalue weighted by atomic mass is 32.2. The molecule has 7 nitrogen and oxygen atoms in total. The molecule has 2 amide bonds. The summed E-state index contributed by atoms with van der Waals surface area (Å²) in [7, 11) is -1.03. The van der Waals surface area contributed by atoms with Crippen LogP contribution in [0.4, 0.5) is 19.3 Å². The summed E-state index contributed by atoms with van der Waals surface area (Å²) >= 11 is 0. The third-order valence-electron chi connectivity index (χ3n) is 5.99. The van der Waals surface area contributed by atoms with E-state index in [1.54, 1.807) is 40.3 Å². The van der Waals surface area contributed by atoms with Gasteiger partial charge in [0.1, 0.15) is 0 Å². The summed E-state index contributed by atoms with van der Waals surface area (Å²) in [4.78, 5) is 17.0. The number of carbonyl (C=O) groups is 1. The van der Waals surface area contributed by atoms with Gasteiger partial charge in [-0.25, -0.2) is 4.79 Å². The Kier molecular flexibility index (Phi) is 8.96. The number of amides is 2. The Hall–Kier alpha value is -3.92. The fourth-order valence-corrected chi connectivity index (χ4v) is 4.38. The molecule has 10 heteroatoms. The van der Waals surface area contributed by atoms with Crippen LogP contribution < -0.4 is 4.90 Å². The van der Waals surface area contributed by atoms with Gasteiger partial charge in [-0.3, -0.25) is 9.11 Å². The van der Waals surface area contributed by atoms with Crippen LogP contribution in [0, 0.1) is 0 Å². The van der Waals surface area contributed by atoms with Crippen molar-refractivity contribution in [3.63, 3.8) is 0 Å². The molecule has 0 fully saturated rings. The Morgan fingerprint density at radius 1 is 0.921 bits per heavy atom. The zero-order valence-corrected chi connectivity index (χ0v) is 21.9. The normalized spacial score (nSPS) is 11.9. The third kappa shape index (κ3) is 6.69. The van der Waals surface area contributed by atoms with Crippen LogP contribution in [0.2, 0.25) is 0 Å². The van der Waals surface area contributed by atoms with Crippen molar-refractivity contribution in [3.05, 3.63) is 90.3 Å². The summed E-state index contributed by atoms with van der Waals surface area (Å²) in [5.41, 5.74) is 4.14. The molecule has 4 aromatic rings. The largest absolute Gasteiger partial charge is 0.415 e. The zero-order chi connectivity index (χ0) is 27.1. The lowest BCUT2D eigenvalue weighted by atomic mass is 10.1. The van der Waals surface area contributed by atoms with Crippen LogP contribution in [0.5, 0.6) is 0 Å². The van der Waals surface area contributed by atoms with E-state index in [-0.39, 0.29) is 18.5 Å². The van der Waals surface area contributed by atoms with E-state index < -0.39 is 23.1 Å². The van der Waals surface area contributed by atoms with Crippen LogP contribution in [0.25, 0.3) is 22.6 Å². The molecule has 0 saturated carbocycles. The molecule has 0 bridgehead atoms. The Morgan fingerprint density at radius 3 is 2.13 bits per heavy atom. The first-order chi connectivity index (χ1) is 18.4. The molecule has 0 spiro atoms. The molecular formula is C28H28F2N4O3S. The van der Waals surface area contributed by atoms with Gasteiger partial charge in [0.15, 0.2) is 0 Å². The number of hydrogen-bond acceptors (Lipinski definition) is 5. The summed E-state index contributed by atoms with van der Waals surface area (Å²) in [6, 6.07) is 24.5. The molecule has 4 rings (SSSR count). The first-order valence-electron chi connectivity index (χ1n) is 12.1. The van der Waals surface area contributed by atoms with Crippen LogP contribution in [-0.2, 0) is 17.3 Å². The van der Waals surface area contributed by atoms with Crippen molar-refractivity contribution in [1.82, 2.24) is 15.1 Å². The molecule has 0 saturated heterocycles. The van der Waals surface area contributed by atoms with Gasteiger partial charge in [0.25, 0.3) is 5.89 Å². The van der Waals surface area contributed by atoms with E-state index in [4.69, 9.17) is 4.42 Å². The first-order valence-corrected chi connectivity index (χ1v) is 13.8. The van der Waals surface area contributed by atoms with Gasteiger partial charge >= 0.3 is 12.5 Å². The van der Waals surface area contributed by atoms with E-state index in [1.165, 1.54) is 0 Å². The molecule has 38 heavy (non-hydrogen) atoms. The molecule has 1 unspecified atom stereocenters. The van der Waals surface area contributed by atoms with Crippen LogP contribution in [0.3, 0.4) is 0 Å². The van der Waals surface area contributed by atoms with Gasteiger partial charge in [0.2, 0.25) is 5.89 Å². The Balaban J connectivity index is 1.60. The number of benzene rings is 3. The van der Waals surface area contributed by atoms with Gasteiger partial charge in [0, 0.05) is 47.1 Å². The van der Waals surface area contributed by atoms with Crippen LogP contribution in [0.15, 0.2) is 83.3 Å². The van der Waals surface area contributed by atoms with Crippen LogP contribution in [0.1, 0.15) is 24.8 Å². The lowest BCUT2D eigenvalue weighted by Crippen LogP contribution is -2.44. The third-order valence-corrected chi connectivity index (χ3v) is 6.74. The van der Waals surface area contributed by atoms with Crippen molar-refractivity contribution in [2.75, 3.05) is 30.0 Å². The van der Waals surface area contributed by atoms with Gasteiger partial charge in [-0.1, -0.05) is 54.6 Å². The SMILES string of the molecule is CCN(CCS(C)=O)C(=O)N(Cc1ccc(-c2nnc(C(F)F)o2)cc1)c1ccc(-c2ccccc2)cc1. The number of alkyl halides is 2. The quantitative estimate of drug-likeness (QED) is 0.241. The molecule has 1 aromatic heterocycles. The van der Waals surface area contributed by atoms with Gasteiger partial charge in [-0.05, 0) is 47.9 Å². The van der Waals surface area contributed by atoms with Crippen molar-refractivity contribution in [3.8, 4) is 22.6 Å².